The summed E-state index contributed by atoms with van der Waals surface area (Å²) in [6.07, 6.45) is 6.27. The number of nitrogens with zero attached hydrogens (tertiary/aromatic N) is 4. The zero-order valence-electron chi connectivity index (χ0n) is 17.0. The largest absolute Gasteiger partial charge is 0.383 e. The number of fused-ring (bicyclic) bond motifs is 1. The van der Waals surface area contributed by atoms with Crippen molar-refractivity contribution in [3.63, 3.8) is 0 Å². The quantitative estimate of drug-likeness (QED) is 0.473. The highest BCUT2D eigenvalue weighted by Gasteiger charge is 2.15. The molecule has 4 aromatic heterocycles. The van der Waals surface area contributed by atoms with E-state index in [2.05, 4.69) is 36.9 Å². The summed E-state index contributed by atoms with van der Waals surface area (Å²) >= 11 is 0. The average molecular weight is 400 g/mol. The molecule has 0 aliphatic carbocycles. The Kier molecular flexibility index (Phi) is 5.11. The van der Waals surface area contributed by atoms with Gasteiger partial charge in [0.25, 0.3) is 0 Å². The molecule has 3 N–H and O–H groups in total. The number of rotatable bonds is 5. The van der Waals surface area contributed by atoms with Crippen molar-refractivity contribution in [2.24, 2.45) is 5.92 Å². The van der Waals surface area contributed by atoms with Crippen molar-refractivity contribution in [3.8, 4) is 22.6 Å². The van der Waals surface area contributed by atoms with Crippen molar-refractivity contribution in [3.05, 3.63) is 54.5 Å². The van der Waals surface area contributed by atoms with Gasteiger partial charge in [0.1, 0.15) is 5.69 Å². The number of nitrogens with one attached hydrogen (secondary N) is 3. The number of aromatic amines is 1. The van der Waals surface area contributed by atoms with Crippen molar-refractivity contribution in [2.45, 2.75) is 19.8 Å². The van der Waals surface area contributed by atoms with Crippen LogP contribution in [-0.2, 0) is 0 Å². The summed E-state index contributed by atoms with van der Waals surface area (Å²) in [5, 5.41) is 14.4. The van der Waals surface area contributed by atoms with Gasteiger partial charge in [-0.05, 0) is 69.1 Å². The minimum absolute atomic E-state index is 0.657. The first kappa shape index (κ1) is 18.7. The van der Waals surface area contributed by atoms with E-state index < -0.39 is 0 Å². The minimum atomic E-state index is 0.657. The number of piperidine rings is 1. The summed E-state index contributed by atoms with van der Waals surface area (Å²) in [7, 11) is 0. The molecule has 1 atom stereocenters. The molecule has 152 valence electrons. The Morgan fingerprint density at radius 2 is 2.07 bits per heavy atom. The van der Waals surface area contributed by atoms with E-state index in [1.54, 1.807) is 0 Å². The van der Waals surface area contributed by atoms with Crippen molar-refractivity contribution >= 4 is 16.7 Å². The van der Waals surface area contributed by atoms with E-state index in [0.717, 1.165) is 64.7 Å². The first-order chi connectivity index (χ1) is 14.8. The van der Waals surface area contributed by atoms with Crippen LogP contribution in [0, 0.1) is 12.8 Å². The Morgan fingerprint density at radius 3 is 2.93 bits per heavy atom. The lowest BCUT2D eigenvalue weighted by molar-refractivity contribution is 0.393. The maximum Gasteiger partial charge on any atom is 0.120 e. The fraction of sp³-hybridized carbons (Fsp3) is 0.304. The maximum atomic E-state index is 4.88. The number of H-pyrrole nitrogens is 1. The average Bonchev–Trinajstić information content (AvgIpc) is 3.28. The van der Waals surface area contributed by atoms with Gasteiger partial charge in [0.2, 0.25) is 0 Å². The number of aromatic nitrogens is 5. The second-order valence-corrected chi connectivity index (χ2v) is 7.86. The van der Waals surface area contributed by atoms with Gasteiger partial charge in [-0.3, -0.25) is 15.1 Å². The lowest BCUT2D eigenvalue weighted by atomic mass is 10.00. The Morgan fingerprint density at radius 1 is 1.10 bits per heavy atom. The summed E-state index contributed by atoms with van der Waals surface area (Å²) in [5.74, 6) is 0.657. The fourth-order valence-corrected chi connectivity index (χ4v) is 3.97. The molecule has 1 fully saturated rings. The van der Waals surface area contributed by atoms with E-state index in [1.165, 1.54) is 12.8 Å². The second-order valence-electron chi connectivity index (χ2n) is 7.86. The molecule has 0 radical (unpaired) electrons. The summed E-state index contributed by atoms with van der Waals surface area (Å²) < 4.78 is 0. The van der Waals surface area contributed by atoms with E-state index in [0.29, 0.717) is 5.92 Å². The molecule has 7 heteroatoms. The van der Waals surface area contributed by atoms with Gasteiger partial charge in [0, 0.05) is 24.0 Å². The predicted molar refractivity (Wildman–Crippen MR) is 119 cm³/mol. The van der Waals surface area contributed by atoms with Crippen LogP contribution < -0.4 is 10.6 Å². The zero-order valence-corrected chi connectivity index (χ0v) is 17.0. The summed E-state index contributed by atoms with van der Waals surface area (Å²) in [5.41, 5.74) is 7.13. The SMILES string of the molecule is Cc1cccc(-c2n[nH]cc2-c2ccc3ncc(NCC4CCCNC4)cc3n2)n1. The monoisotopic (exact) mass is 399 g/mol. The molecule has 30 heavy (non-hydrogen) atoms. The van der Waals surface area contributed by atoms with Crippen LogP contribution in [0.5, 0.6) is 0 Å². The van der Waals surface area contributed by atoms with Gasteiger partial charge in [-0.1, -0.05) is 6.07 Å². The van der Waals surface area contributed by atoms with Crippen molar-refractivity contribution in [1.82, 2.24) is 30.5 Å². The molecule has 0 amide bonds. The molecular weight excluding hydrogens is 374 g/mol. The van der Waals surface area contributed by atoms with Crippen LogP contribution in [0.1, 0.15) is 18.5 Å². The van der Waals surface area contributed by atoms with Crippen LogP contribution in [0.25, 0.3) is 33.7 Å². The lowest BCUT2D eigenvalue weighted by Crippen LogP contribution is -2.33. The molecule has 4 aromatic rings. The molecule has 5 heterocycles. The second kappa shape index (κ2) is 8.20. The summed E-state index contributed by atoms with van der Waals surface area (Å²) in [6.45, 7) is 5.14. The normalized spacial score (nSPS) is 16.6. The third kappa shape index (κ3) is 3.89. The fourth-order valence-electron chi connectivity index (χ4n) is 3.97. The van der Waals surface area contributed by atoms with E-state index in [1.807, 2.05) is 49.6 Å². The minimum Gasteiger partial charge on any atom is -0.383 e. The molecule has 1 aliphatic rings. The van der Waals surface area contributed by atoms with Gasteiger partial charge in [-0.25, -0.2) is 4.98 Å². The molecule has 0 bridgehead atoms. The number of anilines is 1. The smallest absolute Gasteiger partial charge is 0.120 e. The Balaban J connectivity index is 1.43. The van der Waals surface area contributed by atoms with Crippen LogP contribution in [0.3, 0.4) is 0 Å². The molecule has 1 saturated heterocycles. The van der Waals surface area contributed by atoms with E-state index >= 15 is 0 Å². The third-order valence-electron chi connectivity index (χ3n) is 5.58. The standard InChI is InChI=1S/C23H25N7/c1-15-4-2-6-21(28-15)23-18(14-27-30-23)19-7-8-20-22(29-19)10-17(13-26-20)25-12-16-5-3-9-24-11-16/h2,4,6-8,10,13-14,16,24-25H,3,5,9,11-12H2,1H3,(H,27,30). The first-order valence-corrected chi connectivity index (χ1v) is 10.5. The van der Waals surface area contributed by atoms with Gasteiger partial charge in [-0.15, -0.1) is 0 Å². The summed E-state index contributed by atoms with van der Waals surface area (Å²) in [4.78, 5) is 14.1. The Labute approximate surface area is 175 Å². The highest BCUT2D eigenvalue weighted by Crippen LogP contribution is 2.29. The molecule has 1 unspecified atom stereocenters. The van der Waals surface area contributed by atoms with E-state index in [-0.39, 0.29) is 0 Å². The number of hydrogen-bond acceptors (Lipinski definition) is 6. The number of hydrogen-bond donors (Lipinski definition) is 3. The van der Waals surface area contributed by atoms with Gasteiger partial charge < -0.3 is 10.6 Å². The van der Waals surface area contributed by atoms with Gasteiger partial charge in [0.05, 0.1) is 34.3 Å². The van der Waals surface area contributed by atoms with Crippen LogP contribution in [0.15, 0.2) is 48.8 Å². The van der Waals surface area contributed by atoms with Crippen LogP contribution >= 0.6 is 0 Å². The van der Waals surface area contributed by atoms with E-state index in [9.17, 15) is 0 Å². The van der Waals surface area contributed by atoms with Crippen molar-refractivity contribution in [2.75, 3.05) is 25.0 Å². The van der Waals surface area contributed by atoms with Crippen LogP contribution in [-0.4, -0.2) is 44.8 Å². The van der Waals surface area contributed by atoms with Gasteiger partial charge >= 0.3 is 0 Å². The lowest BCUT2D eigenvalue weighted by Gasteiger charge is -2.23. The molecule has 0 spiro atoms. The summed E-state index contributed by atoms with van der Waals surface area (Å²) in [6, 6.07) is 12.0. The van der Waals surface area contributed by atoms with Crippen molar-refractivity contribution < 1.29 is 0 Å². The molecule has 0 saturated carbocycles. The Hall–Kier alpha value is -3.32. The third-order valence-corrected chi connectivity index (χ3v) is 5.58. The van der Waals surface area contributed by atoms with Crippen molar-refractivity contribution in [1.29, 1.82) is 0 Å². The molecule has 7 nitrogen and oxygen atoms in total. The Bertz CT molecular complexity index is 1160. The van der Waals surface area contributed by atoms with Crippen LogP contribution in [0.4, 0.5) is 5.69 Å². The molecule has 1 aliphatic heterocycles. The zero-order chi connectivity index (χ0) is 20.3. The molecular formula is C23H25N7. The highest BCUT2D eigenvalue weighted by atomic mass is 15.1. The first-order valence-electron chi connectivity index (χ1n) is 10.5. The number of pyridine rings is 3. The number of aryl methyl sites for hydroxylation is 1. The predicted octanol–water partition coefficient (Wildman–Crippen LogP) is 3.80. The topological polar surface area (TPSA) is 91.4 Å². The van der Waals surface area contributed by atoms with E-state index in [4.69, 9.17) is 4.98 Å². The van der Waals surface area contributed by atoms with Crippen LogP contribution in [0.2, 0.25) is 0 Å². The van der Waals surface area contributed by atoms with Gasteiger partial charge in [0.15, 0.2) is 0 Å². The molecule has 5 rings (SSSR count). The molecule has 0 aromatic carbocycles. The van der Waals surface area contributed by atoms with Gasteiger partial charge in [-0.2, -0.15) is 5.10 Å². The highest BCUT2D eigenvalue weighted by molar-refractivity contribution is 5.83. The maximum absolute atomic E-state index is 4.88.